The highest BCUT2D eigenvalue weighted by molar-refractivity contribution is 9.10. The van der Waals surface area contributed by atoms with E-state index in [1.807, 2.05) is 37.2 Å². The summed E-state index contributed by atoms with van der Waals surface area (Å²) in [7, 11) is 3.79. The van der Waals surface area contributed by atoms with Crippen LogP contribution in [0.5, 0.6) is 0 Å². The maximum atomic E-state index is 12.4. The van der Waals surface area contributed by atoms with Gasteiger partial charge in [-0.05, 0) is 31.0 Å². The Morgan fingerprint density at radius 3 is 2.57 bits per heavy atom. The summed E-state index contributed by atoms with van der Waals surface area (Å²) in [6.45, 7) is 0. The van der Waals surface area contributed by atoms with Crippen molar-refractivity contribution < 1.29 is 14.7 Å². The van der Waals surface area contributed by atoms with Gasteiger partial charge in [-0.25, -0.2) is 0 Å². The number of amides is 1. The van der Waals surface area contributed by atoms with Crippen LogP contribution in [0.2, 0.25) is 0 Å². The first-order valence-corrected chi connectivity index (χ1v) is 7.70. The first-order chi connectivity index (χ1) is 9.90. The average Bonchev–Trinajstić information content (AvgIpc) is 2.87. The maximum absolute atomic E-state index is 12.4. The molecule has 0 heterocycles. The molecule has 2 rings (SSSR count). The lowest BCUT2D eigenvalue weighted by molar-refractivity contribution is -0.145. The number of hydrogen-bond donors (Lipinski definition) is 2. The van der Waals surface area contributed by atoms with Crippen LogP contribution < -0.4 is 10.2 Å². The number of anilines is 2. The molecule has 5 nitrogen and oxygen atoms in total. The highest BCUT2D eigenvalue weighted by Gasteiger charge is 2.37. The van der Waals surface area contributed by atoms with Crippen LogP contribution in [-0.4, -0.2) is 31.1 Å². The number of carbonyl (C=O) groups excluding carboxylic acids is 1. The zero-order chi connectivity index (χ0) is 15.6. The zero-order valence-corrected chi connectivity index (χ0v) is 13.7. The molecule has 0 aromatic heterocycles. The highest BCUT2D eigenvalue weighted by Crippen LogP contribution is 2.34. The van der Waals surface area contributed by atoms with E-state index in [1.54, 1.807) is 0 Å². The Kier molecular flexibility index (Phi) is 4.88. The lowest BCUT2D eigenvalue weighted by Gasteiger charge is -2.21. The number of benzene rings is 1. The van der Waals surface area contributed by atoms with Crippen molar-refractivity contribution in [1.82, 2.24) is 0 Å². The van der Waals surface area contributed by atoms with E-state index in [9.17, 15) is 14.7 Å². The van der Waals surface area contributed by atoms with Crippen LogP contribution in [0.3, 0.4) is 0 Å². The second kappa shape index (κ2) is 6.47. The third kappa shape index (κ3) is 3.56. The van der Waals surface area contributed by atoms with Crippen LogP contribution in [0.4, 0.5) is 11.4 Å². The van der Waals surface area contributed by atoms with Gasteiger partial charge in [0.1, 0.15) is 0 Å². The van der Waals surface area contributed by atoms with Crippen molar-refractivity contribution in [3.63, 3.8) is 0 Å². The SMILES string of the molecule is CN(C)c1ccc(Br)cc1NC(=O)[C@@H]1CCC[C@@H]1C(=O)O. The molecule has 6 heteroatoms. The van der Waals surface area contributed by atoms with E-state index in [-0.39, 0.29) is 5.91 Å². The Labute approximate surface area is 132 Å². The molecule has 0 radical (unpaired) electrons. The number of carboxylic acids is 1. The zero-order valence-electron chi connectivity index (χ0n) is 12.1. The standard InChI is InChI=1S/C15H19BrN2O3/c1-18(2)13-7-6-9(16)8-12(13)17-14(19)10-4-3-5-11(10)15(20)21/h6-8,10-11H,3-5H2,1-2H3,(H,17,19)(H,20,21)/t10-,11+/m1/s1. The van der Waals surface area contributed by atoms with Crippen molar-refractivity contribution in [3.8, 4) is 0 Å². The lowest BCUT2D eigenvalue weighted by atomic mass is 9.95. The fraction of sp³-hybridized carbons (Fsp3) is 0.467. The third-order valence-corrected chi connectivity index (χ3v) is 4.36. The van der Waals surface area contributed by atoms with E-state index in [0.29, 0.717) is 18.5 Å². The number of carbonyl (C=O) groups is 2. The Morgan fingerprint density at radius 2 is 1.95 bits per heavy atom. The molecule has 2 atom stereocenters. The van der Waals surface area contributed by atoms with Crippen LogP contribution in [-0.2, 0) is 9.59 Å². The van der Waals surface area contributed by atoms with Crippen LogP contribution in [0.25, 0.3) is 0 Å². The number of nitrogens with one attached hydrogen (secondary N) is 1. The Morgan fingerprint density at radius 1 is 1.29 bits per heavy atom. The van der Waals surface area contributed by atoms with Gasteiger partial charge in [0.05, 0.1) is 23.2 Å². The van der Waals surface area contributed by atoms with E-state index in [1.165, 1.54) is 0 Å². The van der Waals surface area contributed by atoms with Gasteiger partial charge in [-0.2, -0.15) is 0 Å². The van der Waals surface area contributed by atoms with Crippen molar-refractivity contribution in [3.05, 3.63) is 22.7 Å². The van der Waals surface area contributed by atoms with E-state index >= 15 is 0 Å². The second-order valence-corrected chi connectivity index (χ2v) is 6.44. The molecule has 1 amide bonds. The first kappa shape index (κ1) is 15.8. The summed E-state index contributed by atoms with van der Waals surface area (Å²) in [6.07, 6.45) is 1.99. The van der Waals surface area contributed by atoms with Gasteiger partial charge in [-0.15, -0.1) is 0 Å². The minimum absolute atomic E-state index is 0.207. The summed E-state index contributed by atoms with van der Waals surface area (Å²) in [5.41, 5.74) is 1.58. The van der Waals surface area contributed by atoms with Crippen LogP contribution in [0.1, 0.15) is 19.3 Å². The molecule has 0 unspecified atom stereocenters. The highest BCUT2D eigenvalue weighted by atomic mass is 79.9. The quantitative estimate of drug-likeness (QED) is 0.871. The van der Waals surface area contributed by atoms with Crippen LogP contribution >= 0.6 is 15.9 Å². The van der Waals surface area contributed by atoms with Gasteiger partial charge in [0.2, 0.25) is 5.91 Å². The third-order valence-electron chi connectivity index (χ3n) is 3.87. The number of carboxylic acid groups (broad SMARTS) is 1. The summed E-state index contributed by atoms with van der Waals surface area (Å²) >= 11 is 3.39. The predicted octanol–water partition coefficient (Wildman–Crippen LogP) is 2.95. The van der Waals surface area contributed by atoms with Crippen molar-refractivity contribution >= 4 is 39.2 Å². The van der Waals surface area contributed by atoms with E-state index in [0.717, 1.165) is 16.6 Å². The smallest absolute Gasteiger partial charge is 0.307 e. The molecule has 1 aliphatic rings. The molecule has 0 aliphatic heterocycles. The Bertz CT molecular complexity index is 560. The van der Waals surface area contributed by atoms with Crippen molar-refractivity contribution in [2.24, 2.45) is 11.8 Å². The number of nitrogens with zero attached hydrogens (tertiary/aromatic N) is 1. The van der Waals surface area contributed by atoms with Gasteiger partial charge in [0.25, 0.3) is 0 Å². The van der Waals surface area contributed by atoms with Gasteiger partial charge in [0.15, 0.2) is 0 Å². The van der Waals surface area contributed by atoms with Gasteiger partial charge >= 0.3 is 5.97 Å². The minimum atomic E-state index is -0.880. The predicted molar refractivity (Wildman–Crippen MR) is 85.6 cm³/mol. The van der Waals surface area contributed by atoms with Gasteiger partial charge in [-0.1, -0.05) is 22.4 Å². The molecule has 1 fully saturated rings. The van der Waals surface area contributed by atoms with E-state index in [2.05, 4.69) is 21.2 Å². The number of hydrogen-bond acceptors (Lipinski definition) is 3. The van der Waals surface area contributed by atoms with Crippen molar-refractivity contribution in [1.29, 1.82) is 0 Å². The van der Waals surface area contributed by atoms with Gasteiger partial charge in [-0.3, -0.25) is 9.59 Å². The fourth-order valence-corrected chi connectivity index (χ4v) is 3.15. The summed E-state index contributed by atoms with van der Waals surface area (Å²) in [5, 5.41) is 12.1. The molecule has 0 bridgehead atoms. The van der Waals surface area contributed by atoms with Gasteiger partial charge < -0.3 is 15.3 Å². The Balaban J connectivity index is 2.19. The molecular formula is C15H19BrN2O3. The molecule has 1 aromatic rings. The Hall–Kier alpha value is -1.56. The summed E-state index contributed by atoms with van der Waals surface area (Å²) in [6, 6.07) is 5.64. The molecule has 21 heavy (non-hydrogen) atoms. The lowest BCUT2D eigenvalue weighted by Crippen LogP contribution is -2.30. The second-order valence-electron chi connectivity index (χ2n) is 5.53. The molecule has 0 saturated heterocycles. The topological polar surface area (TPSA) is 69.6 Å². The monoisotopic (exact) mass is 354 g/mol. The molecular weight excluding hydrogens is 336 g/mol. The number of rotatable bonds is 4. The average molecular weight is 355 g/mol. The summed E-state index contributed by atoms with van der Waals surface area (Å²) in [4.78, 5) is 25.5. The van der Waals surface area contributed by atoms with Gasteiger partial charge in [0, 0.05) is 18.6 Å². The van der Waals surface area contributed by atoms with Crippen molar-refractivity contribution in [2.75, 3.05) is 24.3 Å². The fourth-order valence-electron chi connectivity index (χ4n) is 2.79. The minimum Gasteiger partial charge on any atom is -0.481 e. The molecule has 1 saturated carbocycles. The normalized spacial score (nSPS) is 21.1. The van der Waals surface area contributed by atoms with Crippen LogP contribution in [0, 0.1) is 11.8 Å². The van der Waals surface area contributed by atoms with E-state index in [4.69, 9.17) is 0 Å². The molecule has 1 aromatic carbocycles. The van der Waals surface area contributed by atoms with E-state index < -0.39 is 17.8 Å². The molecule has 0 spiro atoms. The largest absolute Gasteiger partial charge is 0.481 e. The van der Waals surface area contributed by atoms with Crippen LogP contribution in [0.15, 0.2) is 22.7 Å². The molecule has 1 aliphatic carbocycles. The van der Waals surface area contributed by atoms with Crippen molar-refractivity contribution in [2.45, 2.75) is 19.3 Å². The number of halogens is 1. The molecule has 114 valence electrons. The first-order valence-electron chi connectivity index (χ1n) is 6.90. The summed E-state index contributed by atoms with van der Waals surface area (Å²) < 4.78 is 0.865. The maximum Gasteiger partial charge on any atom is 0.307 e. The summed E-state index contributed by atoms with van der Waals surface area (Å²) in [5.74, 6) is -2.10. The number of aliphatic carboxylic acids is 1. The molecule has 2 N–H and O–H groups in total.